The fraction of sp³-hybridized carbons (Fsp3) is 0.235. The molecule has 1 aromatic carbocycles. The summed E-state index contributed by atoms with van der Waals surface area (Å²) in [6.07, 6.45) is -0.0535. The van der Waals surface area contributed by atoms with Gasteiger partial charge in [-0.05, 0) is 17.7 Å². The minimum Gasteiger partial charge on any atom is -0.457 e. The molecule has 0 radical (unpaired) electrons. The van der Waals surface area contributed by atoms with Crippen molar-refractivity contribution in [2.24, 2.45) is 0 Å². The SMILES string of the molecule is CC(=O)N[C@@H](CC(=O)OCC(=O)c1ccc(Cl)s1)c1ccccc1. The van der Waals surface area contributed by atoms with Crippen LogP contribution in [0.15, 0.2) is 42.5 Å². The first-order valence-electron chi connectivity index (χ1n) is 7.22. The first kappa shape index (κ1) is 18.2. The number of hydrogen-bond donors (Lipinski definition) is 1. The van der Waals surface area contributed by atoms with E-state index in [1.165, 1.54) is 6.92 Å². The number of halogens is 1. The molecule has 1 amide bonds. The number of rotatable bonds is 7. The van der Waals surface area contributed by atoms with E-state index < -0.39 is 12.0 Å². The van der Waals surface area contributed by atoms with E-state index in [9.17, 15) is 14.4 Å². The molecule has 0 aliphatic rings. The number of amides is 1. The Bertz CT molecular complexity index is 729. The van der Waals surface area contributed by atoms with E-state index in [0.29, 0.717) is 9.21 Å². The van der Waals surface area contributed by atoms with Gasteiger partial charge >= 0.3 is 5.97 Å². The lowest BCUT2D eigenvalue weighted by Crippen LogP contribution is -2.29. The van der Waals surface area contributed by atoms with E-state index in [2.05, 4.69) is 5.32 Å². The second kappa shape index (κ2) is 8.61. The van der Waals surface area contributed by atoms with Gasteiger partial charge in [-0.15, -0.1) is 11.3 Å². The quantitative estimate of drug-likeness (QED) is 0.603. The molecule has 0 aliphatic heterocycles. The number of ether oxygens (including phenoxy) is 1. The Labute approximate surface area is 148 Å². The Morgan fingerprint density at radius 2 is 1.88 bits per heavy atom. The Hall–Kier alpha value is -2.18. The second-order valence-electron chi connectivity index (χ2n) is 5.06. The third-order valence-electron chi connectivity index (χ3n) is 3.16. The first-order chi connectivity index (χ1) is 11.5. The summed E-state index contributed by atoms with van der Waals surface area (Å²) < 4.78 is 5.52. The first-order valence-corrected chi connectivity index (χ1v) is 8.41. The summed E-state index contributed by atoms with van der Waals surface area (Å²) in [7, 11) is 0. The molecule has 2 aromatic rings. The van der Waals surface area contributed by atoms with Crippen LogP contribution in [0.2, 0.25) is 4.34 Å². The summed E-state index contributed by atoms with van der Waals surface area (Å²) in [4.78, 5) is 35.7. The van der Waals surface area contributed by atoms with Gasteiger partial charge in [0.1, 0.15) is 0 Å². The van der Waals surface area contributed by atoms with Crippen LogP contribution in [0.5, 0.6) is 0 Å². The molecule has 0 unspecified atom stereocenters. The number of Topliss-reactive ketones (excluding diaryl/α,β-unsaturated/α-hetero) is 1. The number of benzene rings is 1. The van der Waals surface area contributed by atoms with Gasteiger partial charge in [0.2, 0.25) is 11.7 Å². The zero-order chi connectivity index (χ0) is 17.5. The summed E-state index contributed by atoms with van der Waals surface area (Å²) in [5.74, 6) is -1.12. The van der Waals surface area contributed by atoms with Crippen molar-refractivity contribution in [2.75, 3.05) is 6.61 Å². The maximum atomic E-state index is 12.0. The van der Waals surface area contributed by atoms with E-state index >= 15 is 0 Å². The number of thiophene rings is 1. The van der Waals surface area contributed by atoms with Gasteiger partial charge in [0.05, 0.1) is 21.7 Å². The fourth-order valence-electron chi connectivity index (χ4n) is 2.09. The fourth-order valence-corrected chi connectivity index (χ4v) is 3.06. The smallest absolute Gasteiger partial charge is 0.308 e. The Kier molecular flexibility index (Phi) is 6.52. The molecule has 0 saturated carbocycles. The van der Waals surface area contributed by atoms with Crippen LogP contribution in [-0.4, -0.2) is 24.3 Å². The molecule has 7 heteroatoms. The van der Waals surface area contributed by atoms with Gasteiger partial charge in [0.25, 0.3) is 0 Å². The van der Waals surface area contributed by atoms with Crippen molar-refractivity contribution in [3.05, 3.63) is 57.2 Å². The number of hydrogen-bond acceptors (Lipinski definition) is 5. The molecule has 1 N–H and O–H groups in total. The molecule has 2 rings (SSSR count). The summed E-state index contributed by atoms with van der Waals surface area (Å²) >= 11 is 6.90. The number of nitrogens with one attached hydrogen (secondary N) is 1. The minimum atomic E-state index is -0.561. The monoisotopic (exact) mass is 365 g/mol. The molecule has 5 nitrogen and oxygen atoms in total. The van der Waals surface area contributed by atoms with Gasteiger partial charge in [-0.1, -0.05) is 41.9 Å². The van der Waals surface area contributed by atoms with Gasteiger partial charge < -0.3 is 10.1 Å². The molecule has 0 spiro atoms. The molecule has 1 aromatic heterocycles. The van der Waals surface area contributed by atoms with Crippen LogP contribution in [0.25, 0.3) is 0 Å². The number of esters is 1. The molecule has 0 aliphatic carbocycles. The maximum absolute atomic E-state index is 12.0. The van der Waals surface area contributed by atoms with Gasteiger partial charge in [-0.2, -0.15) is 0 Å². The average Bonchev–Trinajstić information content (AvgIpc) is 2.99. The van der Waals surface area contributed by atoms with Crippen LogP contribution in [0.4, 0.5) is 0 Å². The van der Waals surface area contributed by atoms with E-state index in [-0.39, 0.29) is 24.7 Å². The van der Waals surface area contributed by atoms with E-state index in [1.54, 1.807) is 12.1 Å². The standard InChI is InChI=1S/C17H16ClNO4S/c1-11(20)19-13(12-5-3-2-4-6-12)9-17(22)23-10-14(21)15-7-8-16(18)24-15/h2-8,13H,9-10H2,1H3,(H,19,20)/t13-/m0/s1. The van der Waals surface area contributed by atoms with Crippen molar-refractivity contribution in [3.8, 4) is 0 Å². The topological polar surface area (TPSA) is 72.5 Å². The molecule has 0 bridgehead atoms. The minimum absolute atomic E-state index is 0.0535. The van der Waals surface area contributed by atoms with Crippen molar-refractivity contribution in [2.45, 2.75) is 19.4 Å². The number of carbonyl (C=O) groups excluding carboxylic acids is 3. The third kappa shape index (κ3) is 5.47. The van der Waals surface area contributed by atoms with Crippen molar-refractivity contribution in [3.63, 3.8) is 0 Å². The third-order valence-corrected chi connectivity index (χ3v) is 4.43. The van der Waals surface area contributed by atoms with Crippen LogP contribution >= 0.6 is 22.9 Å². The molecule has 24 heavy (non-hydrogen) atoms. The molecule has 1 heterocycles. The Balaban J connectivity index is 1.93. The summed E-state index contributed by atoms with van der Waals surface area (Å²) in [5.41, 5.74) is 0.793. The largest absolute Gasteiger partial charge is 0.457 e. The summed E-state index contributed by atoms with van der Waals surface area (Å²) in [5, 5.41) is 2.71. The van der Waals surface area contributed by atoms with Crippen LogP contribution in [-0.2, 0) is 14.3 Å². The molecular formula is C17H16ClNO4S. The Morgan fingerprint density at radius 3 is 2.46 bits per heavy atom. The van der Waals surface area contributed by atoms with Crippen molar-refractivity contribution < 1.29 is 19.1 Å². The molecule has 0 fully saturated rings. The van der Waals surface area contributed by atoms with Crippen LogP contribution in [0, 0.1) is 0 Å². The predicted octanol–water partition coefficient (Wildman–Crippen LogP) is 3.39. The normalized spacial score (nSPS) is 11.6. The van der Waals surface area contributed by atoms with Crippen LogP contribution in [0.1, 0.15) is 34.6 Å². The predicted molar refractivity (Wildman–Crippen MR) is 92.2 cm³/mol. The highest BCUT2D eigenvalue weighted by molar-refractivity contribution is 7.18. The van der Waals surface area contributed by atoms with Crippen molar-refractivity contribution in [1.82, 2.24) is 5.32 Å². The summed E-state index contributed by atoms with van der Waals surface area (Å²) in [6, 6.07) is 11.8. The van der Waals surface area contributed by atoms with E-state index in [1.807, 2.05) is 30.3 Å². The highest BCUT2D eigenvalue weighted by Crippen LogP contribution is 2.22. The van der Waals surface area contributed by atoms with E-state index in [0.717, 1.165) is 16.9 Å². The molecule has 126 valence electrons. The average molecular weight is 366 g/mol. The highest BCUT2D eigenvalue weighted by atomic mass is 35.5. The lowest BCUT2D eigenvalue weighted by atomic mass is 10.0. The highest BCUT2D eigenvalue weighted by Gasteiger charge is 2.19. The maximum Gasteiger partial charge on any atom is 0.308 e. The van der Waals surface area contributed by atoms with Crippen LogP contribution < -0.4 is 5.32 Å². The van der Waals surface area contributed by atoms with Gasteiger partial charge in [0, 0.05) is 6.92 Å². The van der Waals surface area contributed by atoms with Gasteiger partial charge in [-0.25, -0.2) is 0 Å². The molecular weight excluding hydrogens is 350 g/mol. The number of carbonyl (C=O) groups is 3. The molecule has 1 atom stereocenters. The second-order valence-corrected chi connectivity index (χ2v) is 6.77. The lowest BCUT2D eigenvalue weighted by Gasteiger charge is -2.17. The van der Waals surface area contributed by atoms with Gasteiger partial charge in [-0.3, -0.25) is 14.4 Å². The van der Waals surface area contributed by atoms with Crippen molar-refractivity contribution in [1.29, 1.82) is 0 Å². The zero-order valence-corrected chi connectivity index (χ0v) is 14.5. The van der Waals surface area contributed by atoms with Gasteiger partial charge in [0.15, 0.2) is 6.61 Å². The van der Waals surface area contributed by atoms with Crippen LogP contribution in [0.3, 0.4) is 0 Å². The van der Waals surface area contributed by atoms with E-state index in [4.69, 9.17) is 16.3 Å². The lowest BCUT2D eigenvalue weighted by molar-refractivity contribution is -0.143. The zero-order valence-electron chi connectivity index (χ0n) is 13.0. The molecule has 0 saturated heterocycles. The Morgan fingerprint density at radius 1 is 1.17 bits per heavy atom. The number of ketones is 1. The summed E-state index contributed by atoms with van der Waals surface area (Å²) in [6.45, 7) is 1.03. The van der Waals surface area contributed by atoms with Crippen molar-refractivity contribution >= 4 is 40.6 Å².